The van der Waals surface area contributed by atoms with Crippen LogP contribution in [-0.2, 0) is 10.0 Å². The van der Waals surface area contributed by atoms with E-state index in [1.807, 2.05) is 0 Å². The number of hydrogen-bond acceptors (Lipinski definition) is 4. The Morgan fingerprint density at radius 3 is 2.78 bits per heavy atom. The lowest BCUT2D eigenvalue weighted by molar-refractivity contribution is 0.603. The van der Waals surface area contributed by atoms with Crippen LogP contribution < -0.4 is 4.72 Å². The summed E-state index contributed by atoms with van der Waals surface area (Å²) in [6, 6.07) is 3.12. The Morgan fingerprint density at radius 2 is 2.22 bits per heavy atom. The van der Waals surface area contributed by atoms with Crippen LogP contribution >= 0.6 is 38.9 Å². The first-order valence-electron chi connectivity index (χ1n) is 4.78. The molecule has 0 saturated carbocycles. The molecule has 96 valence electrons. The SMILES string of the molecule is Cc1cc(S(=O)(=O)Nc2ccncc2Br)sc1Cl. The summed E-state index contributed by atoms with van der Waals surface area (Å²) >= 11 is 10.1. The minimum atomic E-state index is -3.61. The van der Waals surface area contributed by atoms with Crippen LogP contribution in [0.5, 0.6) is 0 Å². The second kappa shape index (κ2) is 5.16. The first-order valence-corrected chi connectivity index (χ1v) is 8.25. The Kier molecular flexibility index (Phi) is 3.96. The van der Waals surface area contributed by atoms with Gasteiger partial charge >= 0.3 is 0 Å². The minimum absolute atomic E-state index is 0.189. The second-order valence-corrected chi connectivity index (χ2v) is 7.90. The fraction of sp³-hybridized carbons (Fsp3) is 0.100. The molecule has 0 radical (unpaired) electrons. The Bertz CT molecular complexity index is 665. The molecule has 18 heavy (non-hydrogen) atoms. The summed E-state index contributed by atoms with van der Waals surface area (Å²) < 4.78 is 28.0. The maximum absolute atomic E-state index is 12.1. The molecule has 0 atom stereocenters. The van der Waals surface area contributed by atoms with E-state index < -0.39 is 10.0 Å². The highest BCUT2D eigenvalue weighted by Crippen LogP contribution is 2.32. The van der Waals surface area contributed by atoms with E-state index in [1.54, 1.807) is 19.1 Å². The third-order valence-electron chi connectivity index (χ3n) is 2.12. The van der Waals surface area contributed by atoms with Gasteiger partial charge in [0, 0.05) is 12.4 Å². The van der Waals surface area contributed by atoms with Gasteiger partial charge in [0.2, 0.25) is 0 Å². The van der Waals surface area contributed by atoms with Crippen LogP contribution in [0.4, 0.5) is 5.69 Å². The van der Waals surface area contributed by atoms with Crippen molar-refractivity contribution in [2.75, 3.05) is 4.72 Å². The van der Waals surface area contributed by atoms with Crippen LogP contribution in [-0.4, -0.2) is 13.4 Å². The molecule has 0 aromatic carbocycles. The van der Waals surface area contributed by atoms with Crippen LogP contribution in [0.3, 0.4) is 0 Å². The van der Waals surface area contributed by atoms with Gasteiger partial charge in [-0.1, -0.05) is 11.6 Å². The Morgan fingerprint density at radius 1 is 1.50 bits per heavy atom. The van der Waals surface area contributed by atoms with Gasteiger partial charge in [-0.3, -0.25) is 9.71 Å². The largest absolute Gasteiger partial charge is 0.278 e. The predicted octanol–water partition coefficient (Wildman–Crippen LogP) is 3.67. The van der Waals surface area contributed by atoms with Crippen LogP contribution in [0.25, 0.3) is 0 Å². The van der Waals surface area contributed by atoms with E-state index in [2.05, 4.69) is 25.6 Å². The molecule has 8 heteroatoms. The molecule has 2 heterocycles. The van der Waals surface area contributed by atoms with Crippen molar-refractivity contribution in [3.8, 4) is 0 Å². The summed E-state index contributed by atoms with van der Waals surface area (Å²) in [6.45, 7) is 1.76. The number of nitrogens with zero attached hydrogens (tertiary/aromatic N) is 1. The van der Waals surface area contributed by atoms with Gasteiger partial charge in [0.25, 0.3) is 10.0 Å². The molecular weight excluding hydrogens is 360 g/mol. The van der Waals surface area contributed by atoms with Gasteiger partial charge in [-0.2, -0.15) is 0 Å². The van der Waals surface area contributed by atoms with Crippen molar-refractivity contribution in [1.82, 2.24) is 4.98 Å². The van der Waals surface area contributed by atoms with E-state index in [9.17, 15) is 8.42 Å². The number of aromatic nitrogens is 1. The summed E-state index contributed by atoms with van der Waals surface area (Å²) in [5, 5.41) is 0. The van der Waals surface area contributed by atoms with Crippen molar-refractivity contribution in [3.63, 3.8) is 0 Å². The summed E-state index contributed by atoms with van der Waals surface area (Å²) in [5.41, 5.74) is 1.18. The number of pyridine rings is 1. The number of anilines is 1. The average Bonchev–Trinajstić information content (AvgIpc) is 2.63. The summed E-state index contributed by atoms with van der Waals surface area (Å²) in [4.78, 5) is 3.87. The Labute approximate surface area is 122 Å². The standard InChI is InChI=1S/C10H8BrClN2O2S2/c1-6-4-9(17-10(6)12)18(15,16)14-8-2-3-13-5-7(8)11/h2-5H,1H3,(H,13,14). The number of halogens is 2. The molecule has 4 nitrogen and oxygen atoms in total. The first kappa shape index (κ1) is 13.8. The van der Waals surface area contributed by atoms with E-state index in [4.69, 9.17) is 11.6 Å². The molecule has 2 rings (SSSR count). The highest BCUT2D eigenvalue weighted by atomic mass is 79.9. The molecule has 1 N–H and O–H groups in total. The molecule has 2 aromatic heterocycles. The monoisotopic (exact) mass is 366 g/mol. The number of rotatable bonds is 3. The Balaban J connectivity index is 2.36. The van der Waals surface area contributed by atoms with Gasteiger partial charge < -0.3 is 0 Å². The highest BCUT2D eigenvalue weighted by Gasteiger charge is 2.19. The van der Waals surface area contributed by atoms with Crippen LogP contribution in [0.2, 0.25) is 4.34 Å². The smallest absolute Gasteiger partial charge is 0.271 e. The lowest BCUT2D eigenvalue weighted by Gasteiger charge is -2.07. The van der Waals surface area contributed by atoms with E-state index in [-0.39, 0.29) is 4.21 Å². The topological polar surface area (TPSA) is 59.1 Å². The number of hydrogen-bond donors (Lipinski definition) is 1. The predicted molar refractivity (Wildman–Crippen MR) is 76.8 cm³/mol. The summed E-state index contributed by atoms with van der Waals surface area (Å²) in [5.74, 6) is 0. The summed E-state index contributed by atoms with van der Waals surface area (Å²) in [7, 11) is -3.61. The van der Waals surface area contributed by atoms with Gasteiger partial charge in [-0.05, 0) is 40.5 Å². The maximum Gasteiger partial charge on any atom is 0.271 e. The minimum Gasteiger partial charge on any atom is -0.278 e. The second-order valence-electron chi connectivity index (χ2n) is 3.48. The number of sulfonamides is 1. The molecule has 0 aliphatic carbocycles. The van der Waals surface area contributed by atoms with Crippen molar-refractivity contribution >= 4 is 54.6 Å². The molecule has 2 aromatic rings. The number of nitrogens with one attached hydrogen (secondary N) is 1. The molecule has 0 amide bonds. The fourth-order valence-corrected chi connectivity index (χ4v) is 4.49. The zero-order chi connectivity index (χ0) is 13.3. The average molecular weight is 368 g/mol. The third-order valence-corrected chi connectivity index (χ3v) is 6.14. The molecule has 0 fully saturated rings. The molecular formula is C10H8BrClN2O2S2. The zero-order valence-corrected chi connectivity index (χ0v) is 13.1. The van der Waals surface area contributed by atoms with E-state index in [0.717, 1.165) is 16.9 Å². The van der Waals surface area contributed by atoms with Crippen LogP contribution in [0.15, 0.2) is 33.2 Å². The van der Waals surface area contributed by atoms with Gasteiger partial charge in [0.05, 0.1) is 14.5 Å². The zero-order valence-electron chi connectivity index (χ0n) is 9.15. The highest BCUT2D eigenvalue weighted by molar-refractivity contribution is 9.10. The molecule has 0 aliphatic rings. The lowest BCUT2D eigenvalue weighted by Crippen LogP contribution is -2.11. The molecule has 0 bridgehead atoms. The van der Waals surface area contributed by atoms with Crippen molar-refractivity contribution < 1.29 is 8.42 Å². The van der Waals surface area contributed by atoms with E-state index in [0.29, 0.717) is 14.5 Å². The third kappa shape index (κ3) is 2.85. The first-order chi connectivity index (χ1) is 8.40. The summed E-state index contributed by atoms with van der Waals surface area (Å²) in [6.07, 6.45) is 3.03. The van der Waals surface area contributed by atoms with Gasteiger partial charge in [0.15, 0.2) is 0 Å². The molecule has 0 saturated heterocycles. The van der Waals surface area contributed by atoms with Crippen molar-refractivity contribution in [2.24, 2.45) is 0 Å². The van der Waals surface area contributed by atoms with Crippen LogP contribution in [0.1, 0.15) is 5.56 Å². The van der Waals surface area contributed by atoms with Crippen molar-refractivity contribution in [1.29, 1.82) is 0 Å². The Hall–Kier alpha value is -0.630. The lowest BCUT2D eigenvalue weighted by atomic mass is 10.4. The van der Waals surface area contributed by atoms with E-state index in [1.165, 1.54) is 12.4 Å². The van der Waals surface area contributed by atoms with Crippen molar-refractivity contribution in [2.45, 2.75) is 11.1 Å². The molecule has 0 unspecified atom stereocenters. The van der Waals surface area contributed by atoms with Crippen LogP contribution in [0, 0.1) is 6.92 Å². The van der Waals surface area contributed by atoms with Crippen molar-refractivity contribution in [3.05, 3.63) is 38.9 Å². The quantitative estimate of drug-likeness (QED) is 0.900. The molecule has 0 aliphatic heterocycles. The van der Waals surface area contributed by atoms with Gasteiger partial charge in [-0.15, -0.1) is 11.3 Å². The number of aryl methyl sites for hydroxylation is 1. The molecule has 0 spiro atoms. The maximum atomic E-state index is 12.1. The van der Waals surface area contributed by atoms with Gasteiger partial charge in [0.1, 0.15) is 4.21 Å². The number of thiophene rings is 1. The fourth-order valence-electron chi connectivity index (χ4n) is 1.22. The van der Waals surface area contributed by atoms with E-state index >= 15 is 0 Å². The van der Waals surface area contributed by atoms with Gasteiger partial charge in [-0.25, -0.2) is 8.42 Å². The normalized spacial score (nSPS) is 11.5.